The van der Waals surface area contributed by atoms with Gasteiger partial charge in [-0.15, -0.1) is 0 Å². The number of nitrogens with zero attached hydrogens (tertiary/aromatic N) is 1. The van der Waals surface area contributed by atoms with Crippen LogP contribution in [0.15, 0.2) is 0 Å². The number of hydrogen-bond donors (Lipinski definition) is 1. The molecular weight excluding hydrogens is 160 g/mol. The second-order valence-electron chi connectivity index (χ2n) is 4.27. The van der Waals surface area contributed by atoms with Crippen LogP contribution in [0.1, 0.15) is 39.5 Å². The van der Waals surface area contributed by atoms with Crippen molar-refractivity contribution in [3.63, 3.8) is 0 Å². The molecule has 0 aliphatic carbocycles. The third-order valence-corrected chi connectivity index (χ3v) is 3.40. The van der Waals surface area contributed by atoms with Gasteiger partial charge in [0.15, 0.2) is 0 Å². The van der Waals surface area contributed by atoms with Gasteiger partial charge < -0.3 is 10.6 Å². The third-order valence-electron chi connectivity index (χ3n) is 3.40. The standard InChI is InChI=1S/C11H24N2/c1-3-4-5-7-13-8-6-11(9-12)10(13)2/h10-11H,3-9,12H2,1-2H3. The second-order valence-corrected chi connectivity index (χ2v) is 4.27. The molecule has 0 radical (unpaired) electrons. The van der Waals surface area contributed by atoms with E-state index in [4.69, 9.17) is 5.73 Å². The van der Waals surface area contributed by atoms with Gasteiger partial charge in [-0.25, -0.2) is 0 Å². The van der Waals surface area contributed by atoms with E-state index in [0.29, 0.717) is 0 Å². The number of rotatable bonds is 5. The highest BCUT2D eigenvalue weighted by molar-refractivity contribution is 4.83. The first-order valence-electron chi connectivity index (χ1n) is 5.73. The summed E-state index contributed by atoms with van der Waals surface area (Å²) in [6.45, 7) is 8.01. The molecule has 1 saturated heterocycles. The van der Waals surface area contributed by atoms with Crippen molar-refractivity contribution >= 4 is 0 Å². The fourth-order valence-electron chi connectivity index (χ4n) is 2.27. The summed E-state index contributed by atoms with van der Waals surface area (Å²) in [4.78, 5) is 2.60. The van der Waals surface area contributed by atoms with Crippen LogP contribution < -0.4 is 5.73 Å². The first kappa shape index (κ1) is 11.0. The van der Waals surface area contributed by atoms with E-state index in [1.165, 1.54) is 38.8 Å². The van der Waals surface area contributed by atoms with Crippen LogP contribution in [0.4, 0.5) is 0 Å². The van der Waals surface area contributed by atoms with E-state index in [1.54, 1.807) is 0 Å². The van der Waals surface area contributed by atoms with Gasteiger partial charge in [-0.3, -0.25) is 0 Å². The van der Waals surface area contributed by atoms with Crippen LogP contribution in [0, 0.1) is 5.92 Å². The van der Waals surface area contributed by atoms with Gasteiger partial charge in [0.25, 0.3) is 0 Å². The molecule has 0 saturated carbocycles. The maximum atomic E-state index is 5.71. The molecule has 1 aliphatic heterocycles. The van der Waals surface area contributed by atoms with Crippen molar-refractivity contribution in [3.8, 4) is 0 Å². The first-order valence-corrected chi connectivity index (χ1v) is 5.73. The zero-order chi connectivity index (χ0) is 9.68. The minimum absolute atomic E-state index is 0.724. The van der Waals surface area contributed by atoms with Crippen molar-refractivity contribution in [1.29, 1.82) is 0 Å². The van der Waals surface area contributed by atoms with Crippen LogP contribution in [0.3, 0.4) is 0 Å². The maximum Gasteiger partial charge on any atom is 0.0108 e. The van der Waals surface area contributed by atoms with E-state index in [0.717, 1.165) is 18.5 Å². The number of hydrogen-bond acceptors (Lipinski definition) is 2. The third kappa shape index (κ3) is 2.96. The van der Waals surface area contributed by atoms with Gasteiger partial charge in [-0.05, 0) is 45.3 Å². The Kier molecular flexibility index (Phi) is 4.74. The summed E-state index contributed by atoms with van der Waals surface area (Å²) in [7, 11) is 0. The summed E-state index contributed by atoms with van der Waals surface area (Å²) in [5, 5.41) is 0. The largest absolute Gasteiger partial charge is 0.330 e. The Morgan fingerprint density at radius 2 is 2.15 bits per heavy atom. The highest BCUT2D eigenvalue weighted by atomic mass is 15.2. The van der Waals surface area contributed by atoms with E-state index in [1.807, 2.05) is 0 Å². The summed E-state index contributed by atoms with van der Waals surface area (Å²) in [6.07, 6.45) is 5.36. The van der Waals surface area contributed by atoms with Crippen molar-refractivity contribution in [2.75, 3.05) is 19.6 Å². The van der Waals surface area contributed by atoms with Crippen LogP contribution in [0.5, 0.6) is 0 Å². The summed E-state index contributed by atoms with van der Waals surface area (Å²) >= 11 is 0. The Morgan fingerprint density at radius 1 is 1.38 bits per heavy atom. The SMILES string of the molecule is CCCCCN1CCC(CN)C1C. The van der Waals surface area contributed by atoms with Gasteiger partial charge in [-0.1, -0.05) is 19.8 Å². The summed E-state index contributed by atoms with van der Waals surface area (Å²) in [5.74, 6) is 0.752. The van der Waals surface area contributed by atoms with Gasteiger partial charge in [0.05, 0.1) is 0 Å². The Labute approximate surface area is 82.5 Å². The molecule has 2 nitrogen and oxygen atoms in total. The molecule has 0 aromatic carbocycles. The van der Waals surface area contributed by atoms with Gasteiger partial charge in [0.2, 0.25) is 0 Å². The van der Waals surface area contributed by atoms with Crippen LogP contribution >= 0.6 is 0 Å². The lowest BCUT2D eigenvalue weighted by Gasteiger charge is -2.23. The zero-order valence-corrected chi connectivity index (χ0v) is 9.13. The lowest BCUT2D eigenvalue weighted by molar-refractivity contribution is 0.239. The molecule has 0 amide bonds. The zero-order valence-electron chi connectivity index (χ0n) is 9.13. The molecule has 78 valence electrons. The van der Waals surface area contributed by atoms with E-state index in [2.05, 4.69) is 18.7 Å². The quantitative estimate of drug-likeness (QED) is 0.661. The monoisotopic (exact) mass is 184 g/mol. The summed E-state index contributed by atoms with van der Waals surface area (Å²) in [6, 6.07) is 0.724. The lowest BCUT2D eigenvalue weighted by Crippen LogP contribution is -2.33. The van der Waals surface area contributed by atoms with E-state index in [-0.39, 0.29) is 0 Å². The molecule has 2 atom stereocenters. The van der Waals surface area contributed by atoms with Crippen LogP contribution in [0.2, 0.25) is 0 Å². The summed E-state index contributed by atoms with van der Waals surface area (Å²) in [5.41, 5.74) is 5.71. The van der Waals surface area contributed by atoms with Crippen molar-refractivity contribution in [3.05, 3.63) is 0 Å². The molecule has 0 spiro atoms. The highest BCUT2D eigenvalue weighted by Crippen LogP contribution is 2.23. The Hall–Kier alpha value is -0.0800. The molecule has 1 heterocycles. The molecule has 1 fully saturated rings. The average molecular weight is 184 g/mol. The van der Waals surface area contributed by atoms with E-state index in [9.17, 15) is 0 Å². The molecule has 1 aliphatic rings. The van der Waals surface area contributed by atoms with E-state index < -0.39 is 0 Å². The van der Waals surface area contributed by atoms with Gasteiger partial charge >= 0.3 is 0 Å². The normalized spacial score (nSPS) is 29.8. The van der Waals surface area contributed by atoms with E-state index >= 15 is 0 Å². The Balaban J connectivity index is 2.20. The number of unbranched alkanes of at least 4 members (excludes halogenated alkanes) is 2. The van der Waals surface area contributed by atoms with Gasteiger partial charge in [-0.2, -0.15) is 0 Å². The first-order chi connectivity index (χ1) is 6.29. The smallest absolute Gasteiger partial charge is 0.0108 e. The van der Waals surface area contributed by atoms with Crippen LogP contribution in [-0.2, 0) is 0 Å². The fourth-order valence-corrected chi connectivity index (χ4v) is 2.27. The Morgan fingerprint density at radius 3 is 2.69 bits per heavy atom. The Bertz CT molecular complexity index is 136. The fraction of sp³-hybridized carbons (Fsp3) is 1.00. The number of likely N-dealkylation sites (tertiary alicyclic amines) is 1. The van der Waals surface area contributed by atoms with Crippen molar-refractivity contribution in [1.82, 2.24) is 4.90 Å². The maximum absolute atomic E-state index is 5.71. The van der Waals surface area contributed by atoms with Gasteiger partial charge in [0, 0.05) is 6.04 Å². The predicted molar refractivity (Wildman–Crippen MR) is 57.7 cm³/mol. The van der Waals surface area contributed by atoms with Crippen molar-refractivity contribution in [2.45, 2.75) is 45.6 Å². The van der Waals surface area contributed by atoms with Crippen LogP contribution in [-0.4, -0.2) is 30.6 Å². The summed E-state index contributed by atoms with van der Waals surface area (Å²) < 4.78 is 0. The molecule has 0 aromatic rings. The highest BCUT2D eigenvalue weighted by Gasteiger charge is 2.28. The molecular formula is C11H24N2. The second kappa shape index (κ2) is 5.61. The average Bonchev–Trinajstić information content (AvgIpc) is 2.48. The minimum Gasteiger partial charge on any atom is -0.330 e. The van der Waals surface area contributed by atoms with Crippen molar-refractivity contribution < 1.29 is 0 Å². The number of nitrogens with two attached hydrogens (primary N) is 1. The molecule has 2 heteroatoms. The molecule has 2 unspecified atom stereocenters. The lowest BCUT2D eigenvalue weighted by atomic mass is 10.0. The molecule has 2 N–H and O–H groups in total. The minimum atomic E-state index is 0.724. The molecule has 13 heavy (non-hydrogen) atoms. The molecule has 0 aromatic heterocycles. The predicted octanol–water partition coefficient (Wildman–Crippen LogP) is 1.85. The molecule has 1 rings (SSSR count). The topological polar surface area (TPSA) is 29.3 Å². The molecule has 0 bridgehead atoms. The van der Waals surface area contributed by atoms with Crippen LogP contribution in [0.25, 0.3) is 0 Å². The van der Waals surface area contributed by atoms with Crippen molar-refractivity contribution in [2.24, 2.45) is 11.7 Å². The van der Waals surface area contributed by atoms with Gasteiger partial charge in [0.1, 0.15) is 0 Å².